The summed E-state index contributed by atoms with van der Waals surface area (Å²) in [5, 5.41) is 0. The van der Waals surface area contributed by atoms with E-state index < -0.39 is 5.60 Å². The van der Waals surface area contributed by atoms with Crippen molar-refractivity contribution in [1.82, 2.24) is 0 Å². The molecule has 0 amide bonds. The smallest absolute Gasteiger partial charge is 0.218 e. The van der Waals surface area contributed by atoms with Crippen molar-refractivity contribution in [3.63, 3.8) is 0 Å². The van der Waals surface area contributed by atoms with Gasteiger partial charge in [-0.1, -0.05) is 90.0 Å². The summed E-state index contributed by atoms with van der Waals surface area (Å²) in [7, 11) is 1.70. The number of aliphatic imine (C=N–C) groups is 1. The van der Waals surface area contributed by atoms with Crippen LogP contribution < -0.4 is 0 Å². The molecule has 3 aromatic carbocycles. The highest BCUT2D eigenvalue weighted by Gasteiger charge is 2.64. The lowest BCUT2D eigenvalue weighted by Crippen LogP contribution is -2.22. The minimum Gasteiger partial charge on any atom is -0.468 e. The summed E-state index contributed by atoms with van der Waals surface area (Å²) in [4.78, 5) is 4.92. The fourth-order valence-electron chi connectivity index (χ4n) is 4.41. The number of methoxy groups -OCH3 is 1. The number of ether oxygens (including phenoxy) is 3. The summed E-state index contributed by atoms with van der Waals surface area (Å²) >= 11 is 0. The Labute approximate surface area is 183 Å². The van der Waals surface area contributed by atoms with E-state index in [1.807, 2.05) is 18.2 Å². The lowest BCUT2D eigenvalue weighted by molar-refractivity contribution is 0.118. The molecule has 5 rings (SSSR count). The number of hydrogen-bond acceptors (Lipinski definition) is 4. The molecule has 2 aliphatic heterocycles. The van der Waals surface area contributed by atoms with Crippen LogP contribution in [0.1, 0.15) is 33.9 Å². The first kappa shape index (κ1) is 20.0. The topological polar surface area (TPSA) is 43.3 Å². The lowest BCUT2D eigenvalue weighted by Gasteiger charge is -2.18. The van der Waals surface area contributed by atoms with Crippen LogP contribution in [0, 0.1) is 13.8 Å². The van der Waals surface area contributed by atoms with Crippen LogP contribution in [0.2, 0.25) is 0 Å². The third kappa shape index (κ3) is 3.56. The van der Waals surface area contributed by atoms with Crippen LogP contribution in [0.4, 0.5) is 0 Å². The SMILES string of the molecule is COC[C@@H]1N=C(C2OC2(c2ccc(C)cc2)c2ccc(C)cc2)O[C@H]1c1ccccc1. The Balaban J connectivity index is 1.51. The van der Waals surface area contributed by atoms with Gasteiger partial charge in [0.15, 0.2) is 11.7 Å². The van der Waals surface area contributed by atoms with Crippen LogP contribution in [0.25, 0.3) is 0 Å². The lowest BCUT2D eigenvalue weighted by atomic mass is 9.87. The maximum atomic E-state index is 6.45. The van der Waals surface area contributed by atoms with Gasteiger partial charge in [0.1, 0.15) is 12.1 Å². The highest BCUT2D eigenvalue weighted by Crippen LogP contribution is 2.54. The van der Waals surface area contributed by atoms with Gasteiger partial charge in [-0.25, -0.2) is 4.99 Å². The predicted octanol–water partition coefficient (Wildman–Crippen LogP) is 5.13. The van der Waals surface area contributed by atoms with Crippen molar-refractivity contribution in [2.45, 2.75) is 37.7 Å². The highest BCUT2D eigenvalue weighted by molar-refractivity contribution is 5.88. The number of hydrogen-bond donors (Lipinski definition) is 0. The minimum absolute atomic E-state index is 0.0969. The Morgan fingerprint density at radius 3 is 1.97 bits per heavy atom. The summed E-state index contributed by atoms with van der Waals surface area (Å²) in [5.41, 5.74) is 5.19. The van der Waals surface area contributed by atoms with E-state index in [4.69, 9.17) is 19.2 Å². The summed E-state index contributed by atoms with van der Waals surface area (Å²) in [6.45, 7) is 4.69. The van der Waals surface area contributed by atoms with Crippen molar-refractivity contribution < 1.29 is 14.2 Å². The van der Waals surface area contributed by atoms with Gasteiger partial charge < -0.3 is 14.2 Å². The molecule has 4 heteroatoms. The van der Waals surface area contributed by atoms with Gasteiger partial charge in [0.05, 0.1) is 6.61 Å². The molecule has 0 aromatic heterocycles. The molecule has 31 heavy (non-hydrogen) atoms. The van der Waals surface area contributed by atoms with Crippen molar-refractivity contribution in [3.8, 4) is 0 Å². The van der Waals surface area contributed by atoms with Gasteiger partial charge >= 0.3 is 0 Å². The van der Waals surface area contributed by atoms with E-state index in [2.05, 4.69) is 74.5 Å². The van der Waals surface area contributed by atoms with Crippen LogP contribution in [-0.4, -0.2) is 31.8 Å². The molecular weight excluding hydrogens is 386 g/mol. The second-order valence-corrected chi connectivity index (χ2v) is 8.40. The second kappa shape index (κ2) is 7.95. The number of aryl methyl sites for hydroxylation is 2. The monoisotopic (exact) mass is 413 g/mol. The summed E-state index contributed by atoms with van der Waals surface area (Å²) < 4.78 is 18.3. The van der Waals surface area contributed by atoms with Crippen molar-refractivity contribution in [2.24, 2.45) is 4.99 Å². The van der Waals surface area contributed by atoms with Gasteiger partial charge in [-0.3, -0.25) is 0 Å². The first-order valence-electron chi connectivity index (χ1n) is 10.7. The number of benzene rings is 3. The van der Waals surface area contributed by atoms with Crippen LogP contribution in [-0.2, 0) is 19.8 Å². The molecule has 0 radical (unpaired) electrons. The van der Waals surface area contributed by atoms with Crippen LogP contribution >= 0.6 is 0 Å². The van der Waals surface area contributed by atoms with E-state index in [0.29, 0.717) is 12.5 Å². The zero-order valence-electron chi connectivity index (χ0n) is 18.1. The molecule has 0 N–H and O–H groups in total. The standard InChI is InChI=1S/C27H27NO3/c1-18-9-13-21(14-10-18)27(22-15-11-19(2)12-16-22)25(31-27)26-28-23(17-29-3)24(30-26)20-7-5-4-6-8-20/h4-16,23-25H,17H2,1-3H3/t23-,24-,25?/m0/s1. The van der Waals surface area contributed by atoms with E-state index in [1.54, 1.807) is 7.11 Å². The molecule has 0 bridgehead atoms. The van der Waals surface area contributed by atoms with Crippen LogP contribution in [0.15, 0.2) is 83.9 Å². The van der Waals surface area contributed by atoms with E-state index >= 15 is 0 Å². The Morgan fingerprint density at radius 1 is 0.839 bits per heavy atom. The zero-order chi connectivity index (χ0) is 21.4. The second-order valence-electron chi connectivity index (χ2n) is 8.40. The fourth-order valence-corrected chi connectivity index (χ4v) is 4.41. The van der Waals surface area contributed by atoms with Gasteiger partial charge in [0, 0.05) is 7.11 Å². The predicted molar refractivity (Wildman–Crippen MR) is 121 cm³/mol. The normalized spacial score (nSPS) is 23.8. The number of rotatable bonds is 6. The molecule has 3 aromatic rings. The molecule has 1 unspecified atom stereocenters. The molecule has 158 valence electrons. The molecule has 4 nitrogen and oxygen atoms in total. The third-order valence-corrected chi connectivity index (χ3v) is 6.16. The molecular formula is C27H27NO3. The average molecular weight is 414 g/mol. The highest BCUT2D eigenvalue weighted by atomic mass is 16.6. The van der Waals surface area contributed by atoms with Crippen molar-refractivity contribution in [2.75, 3.05) is 13.7 Å². The van der Waals surface area contributed by atoms with Crippen LogP contribution in [0.3, 0.4) is 0 Å². The maximum absolute atomic E-state index is 6.45. The Bertz CT molecular complexity index is 1030. The molecule has 1 fully saturated rings. The van der Waals surface area contributed by atoms with E-state index in [1.165, 1.54) is 11.1 Å². The number of epoxide rings is 1. The van der Waals surface area contributed by atoms with Gasteiger partial charge in [0.25, 0.3) is 0 Å². The summed E-state index contributed by atoms with van der Waals surface area (Å²) in [6.07, 6.45) is -0.430. The Hall–Kier alpha value is -2.95. The van der Waals surface area contributed by atoms with Gasteiger partial charge in [0.2, 0.25) is 5.90 Å². The largest absolute Gasteiger partial charge is 0.468 e. The molecule has 0 saturated carbocycles. The Morgan fingerprint density at radius 2 is 1.42 bits per heavy atom. The average Bonchev–Trinajstić information content (AvgIpc) is 3.41. The quantitative estimate of drug-likeness (QED) is 0.526. The molecule has 0 aliphatic carbocycles. The Kier molecular flexibility index (Phi) is 5.12. The first-order valence-corrected chi connectivity index (χ1v) is 10.7. The van der Waals surface area contributed by atoms with Gasteiger partial charge in [-0.15, -0.1) is 0 Å². The van der Waals surface area contributed by atoms with Crippen molar-refractivity contribution in [1.29, 1.82) is 0 Å². The molecule has 1 saturated heterocycles. The van der Waals surface area contributed by atoms with E-state index in [9.17, 15) is 0 Å². The van der Waals surface area contributed by atoms with Crippen molar-refractivity contribution in [3.05, 3.63) is 107 Å². The van der Waals surface area contributed by atoms with E-state index in [-0.39, 0.29) is 18.2 Å². The first-order chi connectivity index (χ1) is 15.1. The fraction of sp³-hybridized carbons (Fsp3) is 0.296. The third-order valence-electron chi connectivity index (χ3n) is 6.16. The minimum atomic E-state index is -0.580. The zero-order valence-corrected chi connectivity index (χ0v) is 18.1. The summed E-state index contributed by atoms with van der Waals surface area (Å²) in [5.74, 6) is 0.650. The molecule has 0 spiro atoms. The van der Waals surface area contributed by atoms with Crippen molar-refractivity contribution >= 4 is 5.90 Å². The van der Waals surface area contributed by atoms with E-state index in [0.717, 1.165) is 16.7 Å². The summed E-state index contributed by atoms with van der Waals surface area (Å²) in [6, 6.07) is 27.2. The van der Waals surface area contributed by atoms with Gasteiger partial charge in [-0.2, -0.15) is 0 Å². The maximum Gasteiger partial charge on any atom is 0.218 e. The van der Waals surface area contributed by atoms with Gasteiger partial charge in [-0.05, 0) is 30.5 Å². The molecule has 2 aliphatic rings. The number of nitrogens with zero attached hydrogens (tertiary/aromatic N) is 1. The molecule has 3 atom stereocenters. The molecule has 2 heterocycles. The van der Waals surface area contributed by atoms with Crippen LogP contribution in [0.5, 0.6) is 0 Å².